The van der Waals surface area contributed by atoms with Gasteiger partial charge < -0.3 is 9.64 Å². The van der Waals surface area contributed by atoms with E-state index in [0.717, 1.165) is 37.5 Å². The molecule has 0 aromatic rings. The molecule has 3 atom stereocenters. The van der Waals surface area contributed by atoms with Crippen LogP contribution in [0.1, 0.15) is 52.4 Å². The Hall–Kier alpha value is -0.0800. The molecule has 0 N–H and O–H groups in total. The van der Waals surface area contributed by atoms with Crippen LogP contribution in [0.3, 0.4) is 0 Å². The first kappa shape index (κ1) is 13.9. The molecular formula is C17H31NO. The van der Waals surface area contributed by atoms with Crippen molar-refractivity contribution in [3.05, 3.63) is 0 Å². The largest absolute Gasteiger partial charge is 0.380 e. The van der Waals surface area contributed by atoms with Gasteiger partial charge in [0.25, 0.3) is 0 Å². The van der Waals surface area contributed by atoms with E-state index in [1.54, 1.807) is 0 Å². The molecule has 110 valence electrons. The average molecular weight is 265 g/mol. The Morgan fingerprint density at radius 3 is 2.58 bits per heavy atom. The van der Waals surface area contributed by atoms with Crippen LogP contribution in [0.5, 0.6) is 0 Å². The Bertz CT molecular complexity index is 294. The third kappa shape index (κ3) is 2.85. The summed E-state index contributed by atoms with van der Waals surface area (Å²) < 4.78 is 5.89. The van der Waals surface area contributed by atoms with Crippen molar-refractivity contribution in [3.63, 3.8) is 0 Å². The van der Waals surface area contributed by atoms with Crippen LogP contribution in [0.2, 0.25) is 0 Å². The molecule has 2 heteroatoms. The van der Waals surface area contributed by atoms with Crippen LogP contribution < -0.4 is 0 Å². The van der Waals surface area contributed by atoms with Gasteiger partial charge in [-0.1, -0.05) is 13.8 Å². The minimum Gasteiger partial charge on any atom is -0.380 e. The zero-order valence-corrected chi connectivity index (χ0v) is 12.9. The summed E-state index contributed by atoms with van der Waals surface area (Å²) in [6, 6.07) is 0. The Labute approximate surface area is 118 Å². The number of ether oxygens (including phenoxy) is 1. The van der Waals surface area contributed by atoms with Crippen molar-refractivity contribution in [2.45, 2.75) is 52.4 Å². The fourth-order valence-electron chi connectivity index (χ4n) is 4.84. The molecule has 2 nitrogen and oxygen atoms in total. The fraction of sp³-hybridized carbons (Fsp3) is 1.00. The molecule has 3 aliphatic carbocycles. The van der Waals surface area contributed by atoms with Crippen LogP contribution in [-0.4, -0.2) is 37.7 Å². The number of rotatable bonds is 6. The Kier molecular flexibility index (Phi) is 4.19. The lowest BCUT2D eigenvalue weighted by atomic mass is 9.45. The van der Waals surface area contributed by atoms with Gasteiger partial charge in [-0.15, -0.1) is 0 Å². The molecule has 4 fully saturated rings. The van der Waals surface area contributed by atoms with Crippen molar-refractivity contribution in [2.24, 2.45) is 23.2 Å². The predicted octanol–water partition coefficient (Wildman–Crippen LogP) is 3.56. The highest BCUT2D eigenvalue weighted by molar-refractivity contribution is 5.03. The van der Waals surface area contributed by atoms with Crippen LogP contribution in [0.25, 0.3) is 0 Å². The van der Waals surface area contributed by atoms with E-state index in [9.17, 15) is 0 Å². The summed E-state index contributed by atoms with van der Waals surface area (Å²) in [4.78, 5) is 2.54. The van der Waals surface area contributed by atoms with Crippen molar-refractivity contribution in [1.82, 2.24) is 4.90 Å². The third-order valence-corrected chi connectivity index (χ3v) is 6.38. The zero-order valence-electron chi connectivity index (χ0n) is 12.9. The van der Waals surface area contributed by atoms with Gasteiger partial charge in [-0.05, 0) is 74.8 Å². The van der Waals surface area contributed by atoms with Crippen molar-refractivity contribution in [2.75, 3.05) is 32.8 Å². The number of hydrogen-bond acceptors (Lipinski definition) is 2. The summed E-state index contributed by atoms with van der Waals surface area (Å²) in [6.07, 6.45) is 8.53. The maximum atomic E-state index is 5.89. The van der Waals surface area contributed by atoms with E-state index >= 15 is 0 Å². The summed E-state index contributed by atoms with van der Waals surface area (Å²) in [7, 11) is 0. The van der Waals surface area contributed by atoms with Gasteiger partial charge in [0, 0.05) is 13.2 Å². The molecule has 1 heterocycles. The van der Waals surface area contributed by atoms with Gasteiger partial charge in [-0.3, -0.25) is 0 Å². The first-order valence-corrected chi connectivity index (χ1v) is 8.48. The van der Waals surface area contributed by atoms with Crippen LogP contribution in [0, 0.1) is 23.2 Å². The molecule has 2 bridgehead atoms. The van der Waals surface area contributed by atoms with E-state index in [4.69, 9.17) is 4.74 Å². The Morgan fingerprint density at radius 1 is 1.11 bits per heavy atom. The van der Waals surface area contributed by atoms with Crippen LogP contribution in [0.15, 0.2) is 0 Å². The molecule has 3 saturated carbocycles. The second kappa shape index (κ2) is 5.73. The number of likely N-dealkylation sites (tertiary alicyclic amines) is 1. The van der Waals surface area contributed by atoms with Crippen LogP contribution in [-0.2, 0) is 4.74 Å². The minimum absolute atomic E-state index is 0.637. The highest BCUT2D eigenvalue weighted by Crippen LogP contribution is 2.61. The number of nitrogens with zero attached hydrogens (tertiary/aromatic N) is 1. The van der Waals surface area contributed by atoms with Crippen molar-refractivity contribution in [3.8, 4) is 0 Å². The van der Waals surface area contributed by atoms with Gasteiger partial charge in [0.05, 0.1) is 6.61 Å². The van der Waals surface area contributed by atoms with E-state index in [1.807, 2.05) is 0 Å². The molecule has 0 spiro atoms. The molecule has 4 rings (SSSR count). The molecule has 0 radical (unpaired) electrons. The molecule has 3 unspecified atom stereocenters. The van der Waals surface area contributed by atoms with E-state index in [0.29, 0.717) is 5.41 Å². The second-order valence-electron chi connectivity index (χ2n) is 7.65. The average Bonchev–Trinajstić information content (AvgIpc) is 2.91. The fourth-order valence-corrected chi connectivity index (χ4v) is 4.84. The highest BCUT2D eigenvalue weighted by atomic mass is 16.5. The standard InChI is InChI=1S/C17H31NO/c1-17(2)15-6-5-14(16(17)13-15)7-11-19-12-10-18-8-3-4-9-18/h14-16H,3-13H2,1-2H3. The topological polar surface area (TPSA) is 12.5 Å². The second-order valence-corrected chi connectivity index (χ2v) is 7.65. The summed E-state index contributed by atoms with van der Waals surface area (Å²) in [5, 5.41) is 0. The first-order chi connectivity index (χ1) is 9.18. The lowest BCUT2D eigenvalue weighted by Crippen LogP contribution is -2.52. The molecule has 0 amide bonds. The maximum absolute atomic E-state index is 5.89. The monoisotopic (exact) mass is 265 g/mol. The molecule has 0 aromatic carbocycles. The van der Waals surface area contributed by atoms with Gasteiger partial charge in [-0.2, -0.15) is 0 Å². The Balaban J connectivity index is 1.30. The SMILES string of the molecule is CC1(C)C2CCC(CCOCCN3CCCC3)C1C2. The smallest absolute Gasteiger partial charge is 0.0593 e. The molecule has 0 aromatic heterocycles. The molecule has 1 aliphatic heterocycles. The van der Waals surface area contributed by atoms with Crippen molar-refractivity contribution >= 4 is 0 Å². The molecule has 4 aliphatic rings. The van der Waals surface area contributed by atoms with Gasteiger partial charge in [0.15, 0.2) is 0 Å². The van der Waals surface area contributed by atoms with E-state index in [1.165, 1.54) is 51.6 Å². The van der Waals surface area contributed by atoms with Gasteiger partial charge in [-0.25, -0.2) is 0 Å². The summed E-state index contributed by atoms with van der Waals surface area (Å²) in [5.74, 6) is 2.98. The van der Waals surface area contributed by atoms with E-state index in [2.05, 4.69) is 18.7 Å². The lowest BCUT2D eigenvalue weighted by molar-refractivity contribution is -0.111. The van der Waals surface area contributed by atoms with E-state index in [-0.39, 0.29) is 0 Å². The summed E-state index contributed by atoms with van der Waals surface area (Å²) >= 11 is 0. The highest BCUT2D eigenvalue weighted by Gasteiger charge is 2.53. The number of hydrogen-bond donors (Lipinski definition) is 0. The normalized spacial score (nSPS) is 37.3. The number of fused-ring (bicyclic) bond motifs is 2. The van der Waals surface area contributed by atoms with Gasteiger partial charge in [0.2, 0.25) is 0 Å². The Morgan fingerprint density at radius 2 is 1.89 bits per heavy atom. The van der Waals surface area contributed by atoms with E-state index < -0.39 is 0 Å². The minimum atomic E-state index is 0.637. The quantitative estimate of drug-likeness (QED) is 0.681. The maximum Gasteiger partial charge on any atom is 0.0593 e. The van der Waals surface area contributed by atoms with Crippen molar-refractivity contribution in [1.29, 1.82) is 0 Å². The first-order valence-electron chi connectivity index (χ1n) is 8.48. The predicted molar refractivity (Wildman–Crippen MR) is 79.2 cm³/mol. The lowest BCUT2D eigenvalue weighted by Gasteiger charge is -2.60. The summed E-state index contributed by atoms with van der Waals surface area (Å²) in [6.45, 7) is 10.7. The third-order valence-electron chi connectivity index (χ3n) is 6.38. The van der Waals surface area contributed by atoms with Gasteiger partial charge in [0.1, 0.15) is 0 Å². The van der Waals surface area contributed by atoms with Crippen molar-refractivity contribution < 1.29 is 4.74 Å². The van der Waals surface area contributed by atoms with Gasteiger partial charge >= 0.3 is 0 Å². The zero-order chi connectivity index (χ0) is 13.3. The van der Waals surface area contributed by atoms with Crippen LogP contribution >= 0.6 is 0 Å². The molecular weight excluding hydrogens is 234 g/mol. The van der Waals surface area contributed by atoms with Crippen LogP contribution in [0.4, 0.5) is 0 Å². The molecule has 19 heavy (non-hydrogen) atoms. The summed E-state index contributed by atoms with van der Waals surface area (Å²) in [5.41, 5.74) is 0.637. The molecule has 1 saturated heterocycles.